The summed E-state index contributed by atoms with van der Waals surface area (Å²) in [6.07, 6.45) is 4.42. The normalized spacial score (nSPS) is 13.5. The summed E-state index contributed by atoms with van der Waals surface area (Å²) in [7, 11) is 0. The van der Waals surface area contributed by atoms with E-state index in [1.54, 1.807) is 6.08 Å². The Hall–Kier alpha value is -3.33. The molecule has 0 bridgehead atoms. The van der Waals surface area contributed by atoms with Crippen molar-refractivity contribution in [3.05, 3.63) is 73.0 Å². The van der Waals surface area contributed by atoms with Crippen LogP contribution >= 0.6 is 11.7 Å². The van der Waals surface area contributed by atoms with Crippen molar-refractivity contribution in [2.24, 2.45) is 0 Å². The third kappa shape index (κ3) is 3.31. The first-order valence-corrected chi connectivity index (χ1v) is 9.27. The van der Waals surface area contributed by atoms with E-state index in [4.69, 9.17) is 4.42 Å². The van der Waals surface area contributed by atoms with Crippen molar-refractivity contribution in [3.63, 3.8) is 0 Å². The van der Waals surface area contributed by atoms with Crippen molar-refractivity contribution < 1.29 is 4.42 Å². The van der Waals surface area contributed by atoms with E-state index in [0.29, 0.717) is 22.5 Å². The first-order chi connectivity index (χ1) is 13.3. The molecule has 3 aromatic heterocycles. The predicted molar refractivity (Wildman–Crippen MR) is 107 cm³/mol. The molecule has 142 valence electrons. The quantitative estimate of drug-likeness (QED) is 0.523. The molecule has 0 aliphatic carbocycles. The van der Waals surface area contributed by atoms with Crippen LogP contribution in [0.5, 0.6) is 0 Å². The van der Waals surface area contributed by atoms with Gasteiger partial charge in [0, 0.05) is 11.0 Å². The lowest BCUT2D eigenvalue weighted by Gasteiger charge is -2.14. The molecular weight excluding hydrogens is 378 g/mol. The SMILES string of the molecule is CC(C)(C)c1ocnc1/C=c1\[nH]c(=O)/c(=C/c2cccc3nsnc23)[nH]c1=O. The second kappa shape index (κ2) is 6.68. The van der Waals surface area contributed by atoms with Crippen molar-refractivity contribution in [1.29, 1.82) is 0 Å². The summed E-state index contributed by atoms with van der Waals surface area (Å²) in [5.41, 5.74) is 1.48. The van der Waals surface area contributed by atoms with Crippen molar-refractivity contribution in [1.82, 2.24) is 23.7 Å². The van der Waals surface area contributed by atoms with Gasteiger partial charge in [-0.15, -0.1) is 0 Å². The first-order valence-electron chi connectivity index (χ1n) is 8.54. The minimum absolute atomic E-state index is 0.107. The number of benzene rings is 1. The molecular formula is C19H17N5O3S. The fourth-order valence-electron chi connectivity index (χ4n) is 2.85. The third-order valence-corrected chi connectivity index (χ3v) is 4.70. The van der Waals surface area contributed by atoms with E-state index >= 15 is 0 Å². The number of nitrogens with one attached hydrogen (secondary N) is 2. The second-order valence-corrected chi connectivity index (χ2v) is 7.85. The maximum Gasteiger partial charge on any atom is 0.272 e. The van der Waals surface area contributed by atoms with Gasteiger partial charge in [0.05, 0.1) is 11.7 Å². The lowest BCUT2D eigenvalue weighted by atomic mass is 9.92. The van der Waals surface area contributed by atoms with E-state index in [2.05, 4.69) is 23.7 Å². The number of hydrogen-bond acceptors (Lipinski definition) is 7. The van der Waals surface area contributed by atoms with Gasteiger partial charge in [-0.05, 0) is 18.2 Å². The minimum atomic E-state index is -0.433. The van der Waals surface area contributed by atoms with E-state index in [0.717, 1.165) is 17.2 Å². The molecule has 0 unspecified atom stereocenters. The van der Waals surface area contributed by atoms with Gasteiger partial charge < -0.3 is 14.4 Å². The number of oxazole rings is 1. The molecule has 0 saturated heterocycles. The van der Waals surface area contributed by atoms with Crippen LogP contribution in [0.25, 0.3) is 23.2 Å². The van der Waals surface area contributed by atoms with Gasteiger partial charge >= 0.3 is 0 Å². The maximum atomic E-state index is 12.5. The molecule has 28 heavy (non-hydrogen) atoms. The average molecular weight is 395 g/mol. The Kier molecular flexibility index (Phi) is 4.31. The Labute approximate surface area is 162 Å². The molecule has 3 heterocycles. The topological polar surface area (TPSA) is 118 Å². The van der Waals surface area contributed by atoms with E-state index < -0.39 is 11.1 Å². The Bertz CT molecular complexity index is 1400. The zero-order chi connectivity index (χ0) is 19.9. The maximum absolute atomic E-state index is 12.5. The highest BCUT2D eigenvalue weighted by Crippen LogP contribution is 2.25. The Morgan fingerprint density at radius 1 is 1.04 bits per heavy atom. The van der Waals surface area contributed by atoms with Crippen molar-refractivity contribution in [2.45, 2.75) is 26.2 Å². The monoisotopic (exact) mass is 395 g/mol. The number of H-pyrrole nitrogens is 2. The van der Waals surface area contributed by atoms with Crippen LogP contribution in [-0.2, 0) is 5.41 Å². The van der Waals surface area contributed by atoms with Gasteiger partial charge in [-0.3, -0.25) is 9.59 Å². The van der Waals surface area contributed by atoms with Crippen molar-refractivity contribution in [2.75, 3.05) is 0 Å². The van der Waals surface area contributed by atoms with Gasteiger partial charge in [-0.2, -0.15) is 8.75 Å². The molecule has 0 aliphatic rings. The Balaban J connectivity index is 1.87. The Morgan fingerprint density at radius 2 is 1.75 bits per heavy atom. The molecule has 0 amide bonds. The largest absolute Gasteiger partial charge is 0.447 e. The smallest absolute Gasteiger partial charge is 0.272 e. The third-order valence-electron chi connectivity index (χ3n) is 4.16. The Morgan fingerprint density at radius 3 is 2.46 bits per heavy atom. The average Bonchev–Trinajstić information content (AvgIpc) is 3.28. The van der Waals surface area contributed by atoms with E-state index in [1.165, 1.54) is 12.5 Å². The van der Waals surface area contributed by atoms with E-state index in [9.17, 15) is 9.59 Å². The zero-order valence-corrected chi connectivity index (χ0v) is 16.3. The van der Waals surface area contributed by atoms with E-state index in [-0.39, 0.29) is 16.1 Å². The van der Waals surface area contributed by atoms with Gasteiger partial charge in [-0.1, -0.05) is 32.9 Å². The van der Waals surface area contributed by atoms with Gasteiger partial charge in [0.1, 0.15) is 33.2 Å². The first kappa shape index (κ1) is 18.1. The molecule has 0 spiro atoms. The van der Waals surface area contributed by atoms with Crippen LogP contribution in [0, 0.1) is 0 Å². The molecule has 4 rings (SSSR count). The van der Waals surface area contributed by atoms with Crippen LogP contribution in [0.15, 0.2) is 38.6 Å². The number of nitrogens with zero attached hydrogens (tertiary/aromatic N) is 3. The number of hydrogen-bond donors (Lipinski definition) is 2. The number of fused-ring (bicyclic) bond motifs is 1. The summed E-state index contributed by atoms with van der Waals surface area (Å²) >= 11 is 1.09. The lowest BCUT2D eigenvalue weighted by molar-refractivity contribution is 0.407. The highest BCUT2D eigenvalue weighted by atomic mass is 32.1. The highest BCUT2D eigenvalue weighted by molar-refractivity contribution is 7.00. The molecule has 2 N–H and O–H groups in total. The summed E-state index contributed by atoms with van der Waals surface area (Å²) in [6.45, 7) is 5.93. The summed E-state index contributed by atoms with van der Waals surface area (Å²) in [6, 6.07) is 5.47. The van der Waals surface area contributed by atoms with Crippen LogP contribution in [0.4, 0.5) is 0 Å². The standard InChI is InChI=1S/C19H17N5O3S/c1-19(2,3)16-12(20-9-27-16)8-14-18(26)21-13(17(25)22-14)7-10-5-4-6-11-15(10)24-28-23-11/h4-9H,1-3H3,(H,21,26)(H,22,25)/b13-7-,14-8-. The minimum Gasteiger partial charge on any atom is -0.447 e. The summed E-state index contributed by atoms with van der Waals surface area (Å²) in [4.78, 5) is 34.5. The fourth-order valence-corrected chi connectivity index (χ4v) is 3.41. The zero-order valence-electron chi connectivity index (χ0n) is 15.4. The molecule has 8 nitrogen and oxygen atoms in total. The predicted octanol–water partition coefficient (Wildman–Crippen LogP) is 1.01. The molecule has 0 fully saturated rings. The number of aromatic amines is 2. The van der Waals surface area contributed by atoms with Crippen LogP contribution in [0.1, 0.15) is 37.8 Å². The molecule has 4 aromatic rings. The number of aromatic nitrogens is 5. The van der Waals surface area contributed by atoms with Crippen molar-refractivity contribution in [3.8, 4) is 0 Å². The van der Waals surface area contributed by atoms with E-state index in [1.807, 2.05) is 39.0 Å². The second-order valence-electron chi connectivity index (χ2n) is 7.32. The molecule has 9 heteroatoms. The van der Waals surface area contributed by atoms with Crippen molar-refractivity contribution >= 4 is 34.9 Å². The van der Waals surface area contributed by atoms with Crippen LogP contribution in [-0.4, -0.2) is 23.7 Å². The summed E-state index contributed by atoms with van der Waals surface area (Å²) in [5, 5.41) is 0.244. The molecule has 0 aliphatic heterocycles. The van der Waals surface area contributed by atoms with Gasteiger partial charge in [0.2, 0.25) is 0 Å². The fraction of sp³-hybridized carbons (Fsp3) is 0.211. The molecule has 0 radical (unpaired) electrons. The lowest BCUT2D eigenvalue weighted by Crippen LogP contribution is -2.46. The molecule has 0 saturated carbocycles. The summed E-state index contributed by atoms with van der Waals surface area (Å²) < 4.78 is 13.9. The van der Waals surface area contributed by atoms with Crippen LogP contribution in [0.3, 0.4) is 0 Å². The van der Waals surface area contributed by atoms with Crippen LogP contribution in [0.2, 0.25) is 0 Å². The van der Waals surface area contributed by atoms with Gasteiger partial charge in [-0.25, -0.2) is 4.98 Å². The van der Waals surface area contributed by atoms with Gasteiger partial charge in [0.15, 0.2) is 6.39 Å². The van der Waals surface area contributed by atoms with Gasteiger partial charge in [0.25, 0.3) is 11.1 Å². The molecule has 0 atom stereocenters. The molecule has 1 aromatic carbocycles. The number of rotatable bonds is 2. The van der Waals surface area contributed by atoms with Crippen LogP contribution < -0.4 is 21.8 Å². The summed E-state index contributed by atoms with van der Waals surface area (Å²) in [5.74, 6) is 0.631. The highest BCUT2D eigenvalue weighted by Gasteiger charge is 2.21.